The SMILES string of the molecule is Cc1c(C(=O)Nc2cnc(-c3ccccc3)nc2)cnn1-c1ccccc1F. The number of nitrogens with one attached hydrogen (secondary N) is 1. The van der Waals surface area contributed by atoms with E-state index in [1.807, 2.05) is 30.3 Å². The normalized spacial score (nSPS) is 10.6. The zero-order valence-corrected chi connectivity index (χ0v) is 15.0. The van der Waals surface area contributed by atoms with E-state index in [1.54, 1.807) is 37.5 Å². The van der Waals surface area contributed by atoms with Crippen molar-refractivity contribution in [2.75, 3.05) is 5.32 Å². The van der Waals surface area contributed by atoms with Crippen LogP contribution in [0.1, 0.15) is 16.1 Å². The zero-order valence-electron chi connectivity index (χ0n) is 15.0. The first-order valence-corrected chi connectivity index (χ1v) is 8.62. The number of hydrogen-bond donors (Lipinski definition) is 1. The number of benzene rings is 2. The van der Waals surface area contributed by atoms with E-state index in [4.69, 9.17) is 0 Å². The summed E-state index contributed by atoms with van der Waals surface area (Å²) in [5.74, 6) is -0.205. The second kappa shape index (κ2) is 7.40. The average Bonchev–Trinajstić information content (AvgIpc) is 3.11. The maximum absolute atomic E-state index is 14.0. The molecule has 0 aliphatic heterocycles. The maximum atomic E-state index is 14.0. The molecular weight excluding hydrogens is 357 g/mol. The molecule has 1 amide bonds. The summed E-state index contributed by atoms with van der Waals surface area (Å²) in [5.41, 5.74) is 2.51. The second-order valence-corrected chi connectivity index (χ2v) is 6.12. The summed E-state index contributed by atoms with van der Waals surface area (Å²) in [5, 5.41) is 6.89. The van der Waals surface area contributed by atoms with Gasteiger partial charge in [-0.1, -0.05) is 42.5 Å². The fraction of sp³-hybridized carbons (Fsp3) is 0.0476. The van der Waals surface area contributed by atoms with Gasteiger partial charge in [-0.05, 0) is 19.1 Å². The molecular formula is C21H16FN5O. The van der Waals surface area contributed by atoms with Gasteiger partial charge in [-0.3, -0.25) is 4.79 Å². The lowest BCUT2D eigenvalue weighted by molar-refractivity contribution is 0.102. The van der Waals surface area contributed by atoms with Crippen LogP contribution in [-0.2, 0) is 0 Å². The predicted octanol–water partition coefficient (Wildman–Crippen LogP) is 4.03. The Hall–Kier alpha value is -3.87. The average molecular weight is 373 g/mol. The molecule has 0 spiro atoms. The molecule has 0 aliphatic rings. The van der Waals surface area contributed by atoms with Crippen LogP contribution in [0.3, 0.4) is 0 Å². The van der Waals surface area contributed by atoms with E-state index in [0.717, 1.165) is 5.56 Å². The molecule has 2 heterocycles. The van der Waals surface area contributed by atoms with Gasteiger partial charge in [-0.15, -0.1) is 0 Å². The van der Waals surface area contributed by atoms with Crippen molar-refractivity contribution in [3.05, 3.63) is 90.3 Å². The smallest absolute Gasteiger partial charge is 0.259 e. The van der Waals surface area contributed by atoms with E-state index in [2.05, 4.69) is 20.4 Å². The molecule has 4 aromatic rings. The van der Waals surface area contributed by atoms with Crippen LogP contribution in [0.15, 0.2) is 73.2 Å². The van der Waals surface area contributed by atoms with Gasteiger partial charge < -0.3 is 5.32 Å². The minimum atomic E-state index is -0.412. The van der Waals surface area contributed by atoms with E-state index in [0.29, 0.717) is 22.8 Å². The summed E-state index contributed by atoms with van der Waals surface area (Å²) in [7, 11) is 0. The molecule has 0 aliphatic carbocycles. The molecule has 0 saturated carbocycles. The van der Waals surface area contributed by atoms with Crippen molar-refractivity contribution in [3.8, 4) is 17.1 Å². The summed E-state index contributed by atoms with van der Waals surface area (Å²) in [6.07, 6.45) is 4.50. The molecule has 138 valence electrons. The molecule has 0 bridgehead atoms. The fourth-order valence-electron chi connectivity index (χ4n) is 2.83. The number of rotatable bonds is 4. The van der Waals surface area contributed by atoms with Gasteiger partial charge in [0, 0.05) is 5.56 Å². The van der Waals surface area contributed by atoms with Crippen molar-refractivity contribution in [2.45, 2.75) is 6.92 Å². The van der Waals surface area contributed by atoms with Gasteiger partial charge in [-0.2, -0.15) is 5.10 Å². The molecule has 7 heteroatoms. The number of carbonyl (C=O) groups excluding carboxylic acids is 1. The van der Waals surface area contributed by atoms with Gasteiger partial charge >= 0.3 is 0 Å². The number of para-hydroxylation sites is 1. The Bertz CT molecular complexity index is 1120. The Balaban J connectivity index is 1.54. The lowest BCUT2D eigenvalue weighted by Gasteiger charge is -2.07. The number of aromatic nitrogens is 4. The summed E-state index contributed by atoms with van der Waals surface area (Å²) in [6, 6.07) is 15.8. The highest BCUT2D eigenvalue weighted by molar-refractivity contribution is 6.04. The number of carbonyl (C=O) groups is 1. The number of halogens is 1. The molecule has 2 aromatic heterocycles. The second-order valence-electron chi connectivity index (χ2n) is 6.12. The lowest BCUT2D eigenvalue weighted by Crippen LogP contribution is -2.13. The number of amides is 1. The van der Waals surface area contributed by atoms with Crippen molar-refractivity contribution in [2.24, 2.45) is 0 Å². The molecule has 1 N–H and O–H groups in total. The van der Waals surface area contributed by atoms with Crippen LogP contribution in [0.25, 0.3) is 17.1 Å². The number of nitrogens with zero attached hydrogens (tertiary/aromatic N) is 4. The van der Waals surface area contributed by atoms with Crippen LogP contribution in [0.4, 0.5) is 10.1 Å². The molecule has 0 unspecified atom stereocenters. The Labute approximate surface area is 160 Å². The van der Waals surface area contributed by atoms with Gasteiger partial charge in [-0.25, -0.2) is 19.0 Å². The third kappa shape index (κ3) is 3.37. The Kier molecular flexibility index (Phi) is 4.63. The highest BCUT2D eigenvalue weighted by Gasteiger charge is 2.17. The summed E-state index contributed by atoms with van der Waals surface area (Å²) < 4.78 is 15.4. The predicted molar refractivity (Wildman–Crippen MR) is 104 cm³/mol. The first-order chi connectivity index (χ1) is 13.6. The molecule has 4 rings (SSSR count). The summed E-state index contributed by atoms with van der Waals surface area (Å²) in [6.45, 7) is 1.71. The van der Waals surface area contributed by atoms with Crippen LogP contribution in [0.5, 0.6) is 0 Å². The van der Waals surface area contributed by atoms with Crippen LogP contribution in [0, 0.1) is 12.7 Å². The lowest BCUT2D eigenvalue weighted by atomic mass is 10.2. The third-order valence-corrected chi connectivity index (χ3v) is 4.28. The Morgan fingerprint density at radius 1 is 0.964 bits per heavy atom. The largest absolute Gasteiger partial charge is 0.319 e. The summed E-state index contributed by atoms with van der Waals surface area (Å²) in [4.78, 5) is 21.2. The van der Waals surface area contributed by atoms with E-state index in [9.17, 15) is 9.18 Å². The molecule has 2 aromatic carbocycles. The minimum Gasteiger partial charge on any atom is -0.319 e. The quantitative estimate of drug-likeness (QED) is 0.586. The zero-order chi connectivity index (χ0) is 19.5. The third-order valence-electron chi connectivity index (χ3n) is 4.28. The van der Waals surface area contributed by atoms with Gasteiger partial charge in [0.1, 0.15) is 11.5 Å². The van der Waals surface area contributed by atoms with E-state index in [-0.39, 0.29) is 11.6 Å². The van der Waals surface area contributed by atoms with Gasteiger partial charge in [0.05, 0.1) is 35.5 Å². The van der Waals surface area contributed by atoms with Crippen molar-refractivity contribution in [1.29, 1.82) is 0 Å². The minimum absolute atomic E-state index is 0.287. The monoisotopic (exact) mass is 373 g/mol. The Morgan fingerprint density at radius 2 is 1.64 bits per heavy atom. The molecule has 0 saturated heterocycles. The van der Waals surface area contributed by atoms with E-state index < -0.39 is 5.82 Å². The summed E-state index contributed by atoms with van der Waals surface area (Å²) >= 11 is 0. The number of anilines is 1. The molecule has 6 nitrogen and oxygen atoms in total. The van der Waals surface area contributed by atoms with Crippen LogP contribution in [-0.4, -0.2) is 25.7 Å². The van der Waals surface area contributed by atoms with Crippen molar-refractivity contribution in [3.63, 3.8) is 0 Å². The highest BCUT2D eigenvalue weighted by atomic mass is 19.1. The molecule has 0 atom stereocenters. The van der Waals surface area contributed by atoms with Crippen molar-refractivity contribution >= 4 is 11.6 Å². The Morgan fingerprint density at radius 3 is 2.36 bits per heavy atom. The molecule has 0 radical (unpaired) electrons. The van der Waals surface area contributed by atoms with E-state index >= 15 is 0 Å². The fourth-order valence-corrected chi connectivity index (χ4v) is 2.83. The van der Waals surface area contributed by atoms with Crippen molar-refractivity contribution < 1.29 is 9.18 Å². The maximum Gasteiger partial charge on any atom is 0.259 e. The van der Waals surface area contributed by atoms with E-state index in [1.165, 1.54) is 16.9 Å². The first kappa shape index (κ1) is 17.5. The van der Waals surface area contributed by atoms with Gasteiger partial charge in [0.2, 0.25) is 0 Å². The van der Waals surface area contributed by atoms with Crippen molar-refractivity contribution in [1.82, 2.24) is 19.7 Å². The molecule has 0 fully saturated rings. The van der Waals surface area contributed by atoms with Crippen LogP contribution >= 0.6 is 0 Å². The highest BCUT2D eigenvalue weighted by Crippen LogP contribution is 2.19. The van der Waals surface area contributed by atoms with Crippen LogP contribution < -0.4 is 5.32 Å². The standard InChI is InChI=1S/C21H16FN5O/c1-14-17(13-25-27(14)19-10-6-5-9-18(19)22)21(28)26-16-11-23-20(24-12-16)15-7-3-2-4-8-15/h2-13H,1H3,(H,26,28). The topological polar surface area (TPSA) is 72.7 Å². The first-order valence-electron chi connectivity index (χ1n) is 8.62. The van der Waals surface area contributed by atoms with Crippen LogP contribution in [0.2, 0.25) is 0 Å². The van der Waals surface area contributed by atoms with Gasteiger partial charge in [0.15, 0.2) is 5.82 Å². The number of hydrogen-bond acceptors (Lipinski definition) is 4. The molecule has 28 heavy (non-hydrogen) atoms. The van der Waals surface area contributed by atoms with Gasteiger partial charge in [0.25, 0.3) is 5.91 Å².